The maximum atomic E-state index is 12.5. The zero-order valence-corrected chi connectivity index (χ0v) is 23.4. The van der Waals surface area contributed by atoms with Gasteiger partial charge in [-0.15, -0.1) is 0 Å². The summed E-state index contributed by atoms with van der Waals surface area (Å²) in [7, 11) is -3.42. The Bertz CT molecular complexity index is 1370. The van der Waals surface area contributed by atoms with Crippen molar-refractivity contribution in [2.24, 2.45) is 0 Å². The molecule has 0 radical (unpaired) electrons. The lowest BCUT2D eigenvalue weighted by Gasteiger charge is -2.34. The van der Waals surface area contributed by atoms with E-state index in [2.05, 4.69) is 10.3 Å². The van der Waals surface area contributed by atoms with E-state index in [0.717, 1.165) is 24.0 Å². The van der Waals surface area contributed by atoms with Crippen molar-refractivity contribution in [3.05, 3.63) is 87.7 Å². The van der Waals surface area contributed by atoms with Gasteiger partial charge in [0.05, 0.1) is 33.9 Å². The molecule has 1 heterocycles. The lowest BCUT2D eigenvalue weighted by atomic mass is 9.76. The smallest absolute Gasteiger partial charge is 0.407 e. The molecule has 0 saturated heterocycles. The van der Waals surface area contributed by atoms with E-state index < -0.39 is 15.9 Å². The summed E-state index contributed by atoms with van der Waals surface area (Å²) < 4.78 is 36.1. The summed E-state index contributed by atoms with van der Waals surface area (Å²) in [6.07, 6.45) is 5.00. The second-order valence-electron chi connectivity index (χ2n) is 9.14. The minimum Gasteiger partial charge on any atom is -0.494 e. The highest BCUT2D eigenvalue weighted by molar-refractivity contribution is 7.91. The van der Waals surface area contributed by atoms with Crippen LogP contribution in [-0.4, -0.2) is 44.5 Å². The molecule has 7 nitrogen and oxygen atoms in total. The fourth-order valence-electron chi connectivity index (χ4n) is 4.72. The number of benzene rings is 2. The summed E-state index contributed by atoms with van der Waals surface area (Å²) in [5.74, 6) is 0.572. The van der Waals surface area contributed by atoms with Crippen molar-refractivity contribution in [3.63, 3.8) is 0 Å². The number of carbonyl (C=O) groups is 1. The largest absolute Gasteiger partial charge is 0.494 e. The number of sulfone groups is 1. The first-order valence-electron chi connectivity index (χ1n) is 12.5. The van der Waals surface area contributed by atoms with Gasteiger partial charge in [-0.05, 0) is 85.7 Å². The van der Waals surface area contributed by atoms with Crippen LogP contribution in [0.1, 0.15) is 42.4 Å². The van der Waals surface area contributed by atoms with Gasteiger partial charge in [0, 0.05) is 24.4 Å². The molecule has 2 aromatic carbocycles. The van der Waals surface area contributed by atoms with Crippen molar-refractivity contribution in [1.29, 1.82) is 0 Å². The van der Waals surface area contributed by atoms with E-state index in [1.54, 1.807) is 31.3 Å². The van der Waals surface area contributed by atoms with E-state index in [1.165, 1.54) is 11.8 Å². The van der Waals surface area contributed by atoms with Crippen molar-refractivity contribution in [3.8, 4) is 5.75 Å². The summed E-state index contributed by atoms with van der Waals surface area (Å²) in [6.45, 7) is 2.32. The molecule has 1 aliphatic rings. The van der Waals surface area contributed by atoms with Crippen molar-refractivity contribution < 1.29 is 22.7 Å². The minimum absolute atomic E-state index is 0.0326. The first kappa shape index (κ1) is 28.2. The Morgan fingerprint density at radius 1 is 1.13 bits per heavy atom. The molecule has 2 atom stereocenters. The van der Waals surface area contributed by atoms with E-state index in [4.69, 9.17) is 32.7 Å². The fourth-order valence-corrected chi connectivity index (χ4v) is 6.28. The van der Waals surface area contributed by atoms with E-state index >= 15 is 0 Å². The van der Waals surface area contributed by atoms with Crippen LogP contribution in [0.25, 0.3) is 0 Å². The Balaban J connectivity index is 1.49. The molecule has 10 heteroatoms. The number of aryl methyl sites for hydroxylation is 1. The molecule has 202 valence electrons. The molecular weight excluding hydrogens is 547 g/mol. The van der Waals surface area contributed by atoms with E-state index in [1.807, 2.05) is 30.3 Å². The predicted molar refractivity (Wildman–Crippen MR) is 148 cm³/mol. The highest BCUT2D eigenvalue weighted by Crippen LogP contribution is 2.37. The van der Waals surface area contributed by atoms with Crippen LogP contribution >= 0.6 is 23.2 Å². The highest BCUT2D eigenvalue weighted by Gasteiger charge is 2.32. The van der Waals surface area contributed by atoms with Gasteiger partial charge in [0.25, 0.3) is 0 Å². The molecule has 4 rings (SSSR count). The molecule has 0 spiro atoms. The molecule has 1 aromatic heterocycles. The first-order chi connectivity index (χ1) is 18.3. The Morgan fingerprint density at radius 3 is 2.71 bits per heavy atom. The number of hydrogen-bond acceptors (Lipinski definition) is 6. The highest BCUT2D eigenvalue weighted by atomic mass is 35.5. The van der Waals surface area contributed by atoms with Crippen molar-refractivity contribution >= 4 is 39.1 Å². The average Bonchev–Trinajstić information content (AvgIpc) is 2.90. The standard InChI is InChI=1S/C28H30Cl2N2O5S/c1-2-36-28(33)32-27-11-8-20-7-9-21(37-13-4-14-38(34,35)22-5-3-12-31-18-22)17-23(20)24(27)15-19-6-10-25(29)26(30)16-19/h3,5-7,9-10,12,16-18,24,27H,2,4,8,11,13-15H2,1H3,(H,32,33). The van der Waals surface area contributed by atoms with Gasteiger partial charge in [-0.1, -0.05) is 35.3 Å². The SMILES string of the molecule is CCOC(=O)NC1CCc2ccc(OCCCS(=O)(=O)c3cccnc3)cc2C1Cc1ccc(Cl)c(Cl)c1. The molecule has 1 amide bonds. The number of halogens is 2. The number of fused-ring (bicyclic) bond motifs is 1. The Hall–Kier alpha value is -2.81. The van der Waals surface area contributed by atoms with Gasteiger partial charge in [-0.2, -0.15) is 0 Å². The van der Waals surface area contributed by atoms with Gasteiger partial charge in [0.15, 0.2) is 9.84 Å². The van der Waals surface area contributed by atoms with Gasteiger partial charge in [0.2, 0.25) is 0 Å². The number of nitrogens with zero attached hydrogens (tertiary/aromatic N) is 1. The molecule has 2 unspecified atom stereocenters. The van der Waals surface area contributed by atoms with Crippen LogP contribution in [0.5, 0.6) is 5.75 Å². The Kier molecular flexibility index (Phi) is 9.52. The molecule has 1 aliphatic carbocycles. The molecule has 1 N–H and O–H groups in total. The van der Waals surface area contributed by atoms with Crippen LogP contribution in [0.4, 0.5) is 4.79 Å². The van der Waals surface area contributed by atoms with Crippen LogP contribution in [0.15, 0.2) is 65.8 Å². The number of hydrogen-bond donors (Lipinski definition) is 1. The average molecular weight is 578 g/mol. The van der Waals surface area contributed by atoms with Gasteiger partial charge in [0.1, 0.15) is 5.75 Å². The molecule has 0 fully saturated rings. The molecule has 0 bridgehead atoms. The van der Waals surface area contributed by atoms with Crippen molar-refractivity contribution in [1.82, 2.24) is 10.3 Å². The molecular formula is C28H30Cl2N2O5S. The number of amides is 1. The number of rotatable bonds is 10. The zero-order chi connectivity index (χ0) is 27.1. The minimum atomic E-state index is -3.42. The normalized spacial score (nSPS) is 16.9. The summed E-state index contributed by atoms with van der Waals surface area (Å²) in [6, 6.07) is 14.5. The monoisotopic (exact) mass is 576 g/mol. The van der Waals surface area contributed by atoms with Crippen LogP contribution < -0.4 is 10.1 Å². The van der Waals surface area contributed by atoms with Crippen molar-refractivity contribution in [2.75, 3.05) is 19.0 Å². The molecule has 0 aliphatic heterocycles. The first-order valence-corrected chi connectivity index (χ1v) is 14.9. The van der Waals surface area contributed by atoms with Crippen LogP contribution in [0, 0.1) is 0 Å². The number of ether oxygens (including phenoxy) is 2. The summed E-state index contributed by atoms with van der Waals surface area (Å²) >= 11 is 12.4. The number of alkyl carbamates (subject to hydrolysis) is 1. The number of carbonyl (C=O) groups excluding carboxylic acids is 1. The quantitative estimate of drug-likeness (QED) is 0.296. The molecule has 0 saturated carbocycles. The Morgan fingerprint density at radius 2 is 1.97 bits per heavy atom. The third-order valence-electron chi connectivity index (χ3n) is 6.57. The number of pyridine rings is 1. The van der Waals surface area contributed by atoms with Crippen molar-refractivity contribution in [2.45, 2.75) is 49.5 Å². The zero-order valence-electron chi connectivity index (χ0n) is 21.0. The summed E-state index contributed by atoms with van der Waals surface area (Å²) in [4.78, 5) is 16.4. The van der Waals surface area contributed by atoms with Gasteiger partial charge in [-0.25, -0.2) is 13.2 Å². The maximum absolute atomic E-state index is 12.5. The van der Waals surface area contributed by atoms with Crippen LogP contribution in [-0.2, 0) is 27.4 Å². The second-order valence-corrected chi connectivity index (χ2v) is 12.1. The van der Waals surface area contributed by atoms with E-state index in [0.29, 0.717) is 35.2 Å². The third-order valence-corrected chi connectivity index (χ3v) is 9.09. The number of nitrogens with one attached hydrogen (secondary N) is 1. The van der Waals surface area contributed by atoms with Crippen LogP contribution in [0.3, 0.4) is 0 Å². The van der Waals surface area contributed by atoms with Gasteiger partial charge < -0.3 is 14.8 Å². The topological polar surface area (TPSA) is 94.6 Å². The summed E-state index contributed by atoms with van der Waals surface area (Å²) in [5, 5.41) is 4.00. The van der Waals surface area contributed by atoms with Gasteiger partial charge >= 0.3 is 6.09 Å². The molecule has 38 heavy (non-hydrogen) atoms. The van der Waals surface area contributed by atoms with Gasteiger partial charge in [-0.3, -0.25) is 4.98 Å². The van der Waals surface area contributed by atoms with E-state index in [-0.39, 0.29) is 29.2 Å². The van der Waals surface area contributed by atoms with Crippen LogP contribution in [0.2, 0.25) is 10.0 Å². The fraction of sp³-hybridized carbons (Fsp3) is 0.357. The lowest BCUT2D eigenvalue weighted by molar-refractivity contribution is 0.144. The third kappa shape index (κ3) is 7.18. The lowest BCUT2D eigenvalue weighted by Crippen LogP contribution is -2.43. The second kappa shape index (κ2) is 12.8. The number of aromatic nitrogens is 1. The molecule has 3 aromatic rings. The van der Waals surface area contributed by atoms with E-state index in [9.17, 15) is 13.2 Å². The predicted octanol–water partition coefficient (Wildman–Crippen LogP) is 6.02. The summed E-state index contributed by atoms with van der Waals surface area (Å²) in [5.41, 5.74) is 3.26. The maximum Gasteiger partial charge on any atom is 0.407 e. The Labute approximate surface area is 233 Å².